The molecule has 1 N–H and O–H groups in total. The van der Waals surface area contributed by atoms with E-state index in [2.05, 4.69) is 15.5 Å². The Labute approximate surface area is 96.3 Å². The minimum atomic E-state index is -0.610. The van der Waals surface area contributed by atoms with Crippen LogP contribution >= 0.6 is 0 Å². The normalized spacial score (nSPS) is 14.2. The first-order chi connectivity index (χ1) is 8.24. The topological polar surface area (TPSA) is 42.7 Å². The third-order valence-electron chi connectivity index (χ3n) is 2.71. The molecule has 17 heavy (non-hydrogen) atoms. The van der Waals surface area contributed by atoms with Crippen LogP contribution in [-0.4, -0.2) is 21.3 Å². The first kappa shape index (κ1) is 10.2. The van der Waals surface area contributed by atoms with E-state index in [1.807, 2.05) is 4.57 Å². The maximum Gasteiger partial charge on any atom is 0.224 e. The van der Waals surface area contributed by atoms with Gasteiger partial charge in [-0.1, -0.05) is 0 Å². The lowest BCUT2D eigenvalue weighted by Gasteiger charge is -2.16. The standard InChI is InChI=1S/C11H10F2N4/c12-8-4-7(5-9(13)6-8)10-15-16-11-14-2-1-3-17(10)11/h4-6H,1-3H2,(H,14,16). The number of hydrogen-bond acceptors (Lipinski definition) is 3. The molecular formula is C11H10F2N4. The number of nitrogens with zero attached hydrogens (tertiary/aromatic N) is 3. The van der Waals surface area contributed by atoms with Crippen molar-refractivity contribution in [3.8, 4) is 11.4 Å². The van der Waals surface area contributed by atoms with Gasteiger partial charge in [-0.05, 0) is 18.6 Å². The van der Waals surface area contributed by atoms with Gasteiger partial charge in [0.25, 0.3) is 0 Å². The van der Waals surface area contributed by atoms with Crippen molar-refractivity contribution in [1.82, 2.24) is 14.8 Å². The molecule has 0 bridgehead atoms. The molecule has 6 heteroatoms. The molecule has 1 aliphatic rings. The summed E-state index contributed by atoms with van der Waals surface area (Å²) in [6.45, 7) is 1.60. The van der Waals surface area contributed by atoms with Gasteiger partial charge in [-0.3, -0.25) is 4.57 Å². The predicted molar refractivity (Wildman–Crippen MR) is 58.5 cm³/mol. The molecule has 2 heterocycles. The number of aromatic nitrogens is 3. The van der Waals surface area contributed by atoms with Crippen molar-refractivity contribution in [1.29, 1.82) is 0 Å². The number of hydrogen-bond donors (Lipinski definition) is 1. The first-order valence-electron chi connectivity index (χ1n) is 5.37. The van der Waals surface area contributed by atoms with E-state index in [0.717, 1.165) is 25.6 Å². The molecule has 0 radical (unpaired) electrons. The highest BCUT2D eigenvalue weighted by Gasteiger charge is 2.17. The molecule has 1 aliphatic heterocycles. The first-order valence-corrected chi connectivity index (χ1v) is 5.37. The number of fused-ring (bicyclic) bond motifs is 1. The smallest absolute Gasteiger partial charge is 0.224 e. The van der Waals surface area contributed by atoms with Crippen molar-refractivity contribution in [2.45, 2.75) is 13.0 Å². The minimum Gasteiger partial charge on any atom is -0.354 e. The van der Waals surface area contributed by atoms with Crippen LogP contribution in [0.3, 0.4) is 0 Å². The maximum atomic E-state index is 13.1. The molecule has 0 saturated heterocycles. The van der Waals surface area contributed by atoms with Gasteiger partial charge >= 0.3 is 0 Å². The van der Waals surface area contributed by atoms with Gasteiger partial charge in [0.1, 0.15) is 11.6 Å². The van der Waals surface area contributed by atoms with Crippen LogP contribution in [0.4, 0.5) is 14.7 Å². The molecule has 0 aliphatic carbocycles. The Kier molecular flexibility index (Phi) is 2.28. The summed E-state index contributed by atoms with van der Waals surface area (Å²) >= 11 is 0. The van der Waals surface area contributed by atoms with Gasteiger partial charge in [0.2, 0.25) is 5.95 Å². The molecule has 0 unspecified atom stereocenters. The molecule has 0 amide bonds. The van der Waals surface area contributed by atoms with E-state index >= 15 is 0 Å². The quantitative estimate of drug-likeness (QED) is 0.823. The van der Waals surface area contributed by atoms with Crippen LogP contribution in [0.2, 0.25) is 0 Å². The Morgan fingerprint density at radius 3 is 2.65 bits per heavy atom. The average Bonchev–Trinajstić information content (AvgIpc) is 2.71. The number of halogens is 2. The molecular weight excluding hydrogens is 226 g/mol. The third kappa shape index (κ3) is 1.75. The van der Waals surface area contributed by atoms with Crippen molar-refractivity contribution >= 4 is 5.95 Å². The van der Waals surface area contributed by atoms with E-state index < -0.39 is 11.6 Å². The summed E-state index contributed by atoms with van der Waals surface area (Å²) in [5.74, 6) is -0.0799. The molecule has 88 valence electrons. The zero-order chi connectivity index (χ0) is 11.8. The largest absolute Gasteiger partial charge is 0.354 e. The SMILES string of the molecule is Fc1cc(F)cc(-c2nnc3n2CCCN3)c1. The lowest BCUT2D eigenvalue weighted by Crippen LogP contribution is -2.17. The van der Waals surface area contributed by atoms with Crippen molar-refractivity contribution in [2.75, 3.05) is 11.9 Å². The van der Waals surface area contributed by atoms with Gasteiger partial charge in [0, 0.05) is 24.7 Å². The average molecular weight is 236 g/mol. The van der Waals surface area contributed by atoms with E-state index in [1.165, 1.54) is 12.1 Å². The highest BCUT2D eigenvalue weighted by atomic mass is 19.1. The van der Waals surface area contributed by atoms with Gasteiger partial charge in [-0.25, -0.2) is 8.78 Å². The lowest BCUT2D eigenvalue weighted by molar-refractivity contribution is 0.582. The summed E-state index contributed by atoms with van der Waals surface area (Å²) in [7, 11) is 0. The fourth-order valence-corrected chi connectivity index (χ4v) is 1.98. The van der Waals surface area contributed by atoms with Crippen LogP contribution in [0, 0.1) is 11.6 Å². The summed E-state index contributed by atoms with van der Waals surface area (Å²) in [5, 5.41) is 11.0. The highest BCUT2D eigenvalue weighted by Crippen LogP contribution is 2.24. The predicted octanol–water partition coefficient (Wildman–Crippen LogP) is 2.04. The molecule has 0 atom stereocenters. The monoisotopic (exact) mass is 236 g/mol. The second kappa shape index (κ2) is 3.80. The van der Waals surface area contributed by atoms with Crippen LogP contribution < -0.4 is 5.32 Å². The minimum absolute atomic E-state index is 0.407. The molecule has 0 saturated carbocycles. The number of rotatable bonds is 1. The van der Waals surface area contributed by atoms with Crippen LogP contribution in [-0.2, 0) is 6.54 Å². The Morgan fingerprint density at radius 2 is 1.88 bits per heavy atom. The van der Waals surface area contributed by atoms with Crippen molar-refractivity contribution in [3.05, 3.63) is 29.8 Å². The van der Waals surface area contributed by atoms with E-state index in [-0.39, 0.29) is 0 Å². The lowest BCUT2D eigenvalue weighted by atomic mass is 10.2. The van der Waals surface area contributed by atoms with E-state index in [4.69, 9.17) is 0 Å². The summed E-state index contributed by atoms with van der Waals surface area (Å²) in [6.07, 6.45) is 0.940. The number of anilines is 1. The maximum absolute atomic E-state index is 13.1. The van der Waals surface area contributed by atoms with Gasteiger partial charge in [-0.2, -0.15) is 0 Å². The van der Waals surface area contributed by atoms with Crippen LogP contribution in [0.25, 0.3) is 11.4 Å². The fraction of sp³-hybridized carbons (Fsp3) is 0.273. The summed E-state index contributed by atoms with van der Waals surface area (Å²) in [6, 6.07) is 3.36. The zero-order valence-electron chi connectivity index (χ0n) is 8.95. The second-order valence-corrected chi connectivity index (χ2v) is 3.94. The molecule has 3 rings (SSSR count). The number of nitrogens with one attached hydrogen (secondary N) is 1. The van der Waals surface area contributed by atoms with Crippen molar-refractivity contribution in [3.63, 3.8) is 0 Å². The Bertz CT molecular complexity index is 544. The van der Waals surface area contributed by atoms with Gasteiger partial charge < -0.3 is 5.32 Å². The third-order valence-corrected chi connectivity index (χ3v) is 2.71. The van der Waals surface area contributed by atoms with Gasteiger partial charge in [-0.15, -0.1) is 10.2 Å². The molecule has 1 aromatic heterocycles. The molecule has 1 aromatic carbocycles. The fourth-order valence-electron chi connectivity index (χ4n) is 1.98. The van der Waals surface area contributed by atoms with Crippen LogP contribution in [0.15, 0.2) is 18.2 Å². The summed E-state index contributed by atoms with van der Waals surface area (Å²) < 4.78 is 28.1. The van der Waals surface area contributed by atoms with Crippen LogP contribution in [0.1, 0.15) is 6.42 Å². The second-order valence-electron chi connectivity index (χ2n) is 3.94. The Morgan fingerprint density at radius 1 is 1.12 bits per heavy atom. The summed E-state index contributed by atoms with van der Waals surface area (Å²) in [4.78, 5) is 0. The van der Waals surface area contributed by atoms with E-state index in [1.54, 1.807) is 0 Å². The molecule has 2 aromatic rings. The van der Waals surface area contributed by atoms with Crippen molar-refractivity contribution < 1.29 is 8.78 Å². The van der Waals surface area contributed by atoms with Crippen molar-refractivity contribution in [2.24, 2.45) is 0 Å². The van der Waals surface area contributed by atoms with E-state index in [9.17, 15) is 8.78 Å². The Hall–Kier alpha value is -1.98. The molecule has 4 nitrogen and oxygen atoms in total. The van der Waals surface area contributed by atoms with Gasteiger partial charge in [0.05, 0.1) is 0 Å². The summed E-state index contributed by atoms with van der Waals surface area (Å²) in [5.41, 5.74) is 0.407. The Balaban J connectivity index is 2.11. The number of benzene rings is 1. The molecule has 0 spiro atoms. The van der Waals surface area contributed by atoms with E-state index in [0.29, 0.717) is 17.3 Å². The highest BCUT2D eigenvalue weighted by molar-refractivity contribution is 5.57. The zero-order valence-corrected chi connectivity index (χ0v) is 8.95. The van der Waals surface area contributed by atoms with Gasteiger partial charge in [0.15, 0.2) is 5.82 Å². The van der Waals surface area contributed by atoms with Crippen LogP contribution in [0.5, 0.6) is 0 Å². The molecule has 0 fully saturated rings.